The molecule has 4 rings (SSSR count). The molecular formula is C24H14F6. The minimum Gasteiger partial charge on any atom is -0.166 e. The topological polar surface area (TPSA) is 0 Å². The lowest BCUT2D eigenvalue weighted by atomic mass is 9.96. The largest absolute Gasteiger partial charge is 0.416 e. The van der Waals surface area contributed by atoms with Gasteiger partial charge in [-0.15, -0.1) is 0 Å². The molecule has 0 spiro atoms. The van der Waals surface area contributed by atoms with Gasteiger partial charge in [0.25, 0.3) is 0 Å². The van der Waals surface area contributed by atoms with Gasteiger partial charge in [0, 0.05) is 0 Å². The second kappa shape index (κ2) is 7.20. The Morgan fingerprint density at radius 2 is 0.867 bits per heavy atom. The highest BCUT2D eigenvalue weighted by molar-refractivity contribution is 5.87. The second-order valence-corrected chi connectivity index (χ2v) is 6.93. The zero-order valence-corrected chi connectivity index (χ0v) is 15.4. The van der Waals surface area contributed by atoms with Crippen LogP contribution in [0.4, 0.5) is 26.3 Å². The third-order valence-corrected chi connectivity index (χ3v) is 4.89. The van der Waals surface area contributed by atoms with Crippen LogP contribution in [0, 0.1) is 0 Å². The van der Waals surface area contributed by atoms with Crippen molar-refractivity contribution in [2.24, 2.45) is 0 Å². The maximum atomic E-state index is 13.1. The molecule has 0 unspecified atom stereocenters. The van der Waals surface area contributed by atoms with Crippen LogP contribution in [0.15, 0.2) is 84.9 Å². The fourth-order valence-corrected chi connectivity index (χ4v) is 3.35. The fourth-order valence-electron chi connectivity index (χ4n) is 3.35. The van der Waals surface area contributed by atoms with E-state index in [9.17, 15) is 26.3 Å². The average Bonchev–Trinajstić information content (AvgIpc) is 2.72. The van der Waals surface area contributed by atoms with Crippen LogP contribution < -0.4 is 0 Å². The molecule has 4 aromatic carbocycles. The molecule has 30 heavy (non-hydrogen) atoms. The molecular weight excluding hydrogens is 402 g/mol. The standard InChI is InChI=1S/C24H14F6/c25-23(26,27)21-12-20(13-22(14-21)24(28,29)30)17-7-5-16(6-8-17)19-10-9-15-3-1-2-4-18(15)11-19/h1-14H. The van der Waals surface area contributed by atoms with E-state index in [-0.39, 0.29) is 17.2 Å². The Balaban J connectivity index is 1.74. The van der Waals surface area contributed by atoms with Crippen LogP contribution in [-0.4, -0.2) is 0 Å². The van der Waals surface area contributed by atoms with Gasteiger partial charge >= 0.3 is 12.4 Å². The first-order valence-electron chi connectivity index (χ1n) is 9.00. The molecule has 0 amide bonds. The number of hydrogen-bond donors (Lipinski definition) is 0. The Morgan fingerprint density at radius 3 is 1.40 bits per heavy atom. The van der Waals surface area contributed by atoms with Gasteiger partial charge in [0.2, 0.25) is 0 Å². The normalized spacial score (nSPS) is 12.3. The Morgan fingerprint density at radius 1 is 0.400 bits per heavy atom. The van der Waals surface area contributed by atoms with Gasteiger partial charge in [0.05, 0.1) is 11.1 Å². The summed E-state index contributed by atoms with van der Waals surface area (Å²) in [6.45, 7) is 0. The third kappa shape index (κ3) is 4.03. The molecule has 0 fully saturated rings. The van der Waals surface area contributed by atoms with Crippen molar-refractivity contribution in [2.45, 2.75) is 12.4 Å². The number of benzene rings is 4. The molecule has 0 radical (unpaired) electrons. The van der Waals surface area contributed by atoms with Crippen molar-refractivity contribution in [3.8, 4) is 22.3 Å². The lowest BCUT2D eigenvalue weighted by Gasteiger charge is -2.14. The van der Waals surface area contributed by atoms with Gasteiger partial charge < -0.3 is 0 Å². The first kappa shape index (κ1) is 20.0. The maximum Gasteiger partial charge on any atom is 0.416 e. The Kier molecular flexibility index (Phi) is 4.80. The van der Waals surface area contributed by atoms with E-state index < -0.39 is 23.5 Å². The number of halogens is 6. The molecule has 4 aromatic rings. The molecule has 0 atom stereocenters. The van der Waals surface area contributed by atoms with E-state index in [1.54, 1.807) is 12.1 Å². The van der Waals surface area contributed by atoms with E-state index in [1.807, 2.05) is 42.5 Å². The molecule has 0 heterocycles. The Labute approximate surface area is 168 Å². The molecule has 0 saturated carbocycles. The minimum atomic E-state index is -4.87. The zero-order valence-electron chi connectivity index (χ0n) is 15.4. The molecule has 0 N–H and O–H groups in total. The second-order valence-electron chi connectivity index (χ2n) is 6.93. The molecule has 0 saturated heterocycles. The van der Waals surface area contributed by atoms with Crippen LogP contribution in [0.3, 0.4) is 0 Å². The summed E-state index contributed by atoms with van der Waals surface area (Å²) in [6, 6.07) is 21.7. The highest BCUT2D eigenvalue weighted by atomic mass is 19.4. The van der Waals surface area contributed by atoms with Gasteiger partial charge in [-0.25, -0.2) is 0 Å². The summed E-state index contributed by atoms with van der Waals surface area (Å²) in [4.78, 5) is 0. The lowest BCUT2D eigenvalue weighted by molar-refractivity contribution is -0.143. The van der Waals surface area contributed by atoms with Gasteiger partial charge in [-0.05, 0) is 57.3 Å². The predicted molar refractivity (Wildman–Crippen MR) is 105 cm³/mol. The van der Waals surface area contributed by atoms with Crippen molar-refractivity contribution in [2.75, 3.05) is 0 Å². The van der Waals surface area contributed by atoms with Crippen LogP contribution in [-0.2, 0) is 12.4 Å². The summed E-state index contributed by atoms with van der Waals surface area (Å²) >= 11 is 0. The molecule has 0 nitrogen and oxygen atoms in total. The maximum absolute atomic E-state index is 13.1. The van der Waals surface area contributed by atoms with Crippen LogP contribution in [0.5, 0.6) is 0 Å². The highest BCUT2D eigenvalue weighted by Crippen LogP contribution is 2.39. The van der Waals surface area contributed by atoms with Gasteiger partial charge in [-0.3, -0.25) is 0 Å². The van der Waals surface area contributed by atoms with Gasteiger partial charge in [0.1, 0.15) is 0 Å². The fraction of sp³-hybridized carbons (Fsp3) is 0.0833. The predicted octanol–water partition coefficient (Wildman–Crippen LogP) is 8.21. The number of rotatable bonds is 2. The van der Waals surface area contributed by atoms with Crippen molar-refractivity contribution < 1.29 is 26.3 Å². The molecule has 0 aliphatic carbocycles. The van der Waals surface area contributed by atoms with Crippen LogP contribution >= 0.6 is 0 Å². The van der Waals surface area contributed by atoms with Crippen LogP contribution in [0.1, 0.15) is 11.1 Å². The monoisotopic (exact) mass is 416 g/mol. The van der Waals surface area contributed by atoms with Crippen molar-refractivity contribution in [1.82, 2.24) is 0 Å². The van der Waals surface area contributed by atoms with E-state index >= 15 is 0 Å². The average molecular weight is 416 g/mol. The summed E-state index contributed by atoms with van der Waals surface area (Å²) in [6.07, 6.45) is -9.75. The molecule has 0 bridgehead atoms. The highest BCUT2D eigenvalue weighted by Gasteiger charge is 2.37. The van der Waals surface area contributed by atoms with Crippen molar-refractivity contribution in [1.29, 1.82) is 0 Å². The quantitative estimate of drug-likeness (QED) is 0.289. The molecule has 6 heteroatoms. The van der Waals surface area contributed by atoms with Crippen molar-refractivity contribution in [3.63, 3.8) is 0 Å². The lowest BCUT2D eigenvalue weighted by Crippen LogP contribution is -2.11. The molecule has 0 aliphatic rings. The van der Waals surface area contributed by atoms with Gasteiger partial charge in [-0.2, -0.15) is 26.3 Å². The zero-order chi connectivity index (χ0) is 21.5. The first-order valence-corrected chi connectivity index (χ1v) is 9.00. The van der Waals surface area contributed by atoms with E-state index in [0.717, 1.165) is 34.0 Å². The number of hydrogen-bond acceptors (Lipinski definition) is 0. The van der Waals surface area contributed by atoms with Crippen LogP contribution in [0.25, 0.3) is 33.0 Å². The summed E-state index contributed by atoms with van der Waals surface area (Å²) in [7, 11) is 0. The van der Waals surface area contributed by atoms with Crippen molar-refractivity contribution in [3.05, 3.63) is 96.1 Å². The van der Waals surface area contributed by atoms with Gasteiger partial charge in [-0.1, -0.05) is 60.7 Å². The summed E-state index contributed by atoms with van der Waals surface area (Å²) in [5.74, 6) is 0. The summed E-state index contributed by atoms with van der Waals surface area (Å²) in [5.41, 5.74) is -0.803. The van der Waals surface area contributed by atoms with Gasteiger partial charge in [0.15, 0.2) is 0 Å². The number of fused-ring (bicyclic) bond motifs is 1. The molecule has 152 valence electrons. The van der Waals surface area contributed by atoms with E-state index in [2.05, 4.69) is 0 Å². The van der Waals surface area contributed by atoms with E-state index in [1.165, 1.54) is 12.1 Å². The SMILES string of the molecule is FC(F)(F)c1cc(-c2ccc(-c3ccc4ccccc4c3)cc2)cc(C(F)(F)F)c1. The Hall–Kier alpha value is -3.28. The smallest absolute Gasteiger partial charge is 0.166 e. The van der Waals surface area contributed by atoms with E-state index in [0.29, 0.717) is 0 Å². The minimum absolute atomic E-state index is 0.132. The van der Waals surface area contributed by atoms with Crippen LogP contribution in [0.2, 0.25) is 0 Å². The first-order chi connectivity index (χ1) is 14.1. The molecule has 0 aliphatic heterocycles. The Bertz CT molecular complexity index is 1170. The third-order valence-electron chi connectivity index (χ3n) is 4.89. The summed E-state index contributed by atoms with van der Waals surface area (Å²) in [5, 5.41) is 2.10. The molecule has 0 aromatic heterocycles. The van der Waals surface area contributed by atoms with Crippen molar-refractivity contribution >= 4 is 10.8 Å². The summed E-state index contributed by atoms with van der Waals surface area (Å²) < 4.78 is 78.6. The van der Waals surface area contributed by atoms with E-state index in [4.69, 9.17) is 0 Å². The number of alkyl halides is 6.